The summed E-state index contributed by atoms with van der Waals surface area (Å²) in [6, 6.07) is 5.08. The Morgan fingerprint density at radius 2 is 1.91 bits per heavy atom. The second kappa shape index (κ2) is 9.70. The van der Waals surface area contributed by atoms with E-state index in [9.17, 15) is 9.59 Å². The molecule has 1 unspecified atom stereocenters. The van der Waals surface area contributed by atoms with E-state index in [1.807, 2.05) is 4.90 Å². The van der Waals surface area contributed by atoms with Crippen LogP contribution in [0.5, 0.6) is 11.5 Å². The molecule has 166 valence electrons. The molecule has 2 amide bonds. The van der Waals surface area contributed by atoms with Gasteiger partial charge in [-0.1, -0.05) is 12.5 Å². The number of hydrogen-bond acceptors (Lipinski definition) is 8. The molecule has 2 heterocycles. The monoisotopic (exact) mass is 436 g/mol. The Morgan fingerprint density at radius 1 is 1.22 bits per heavy atom. The molecule has 10 nitrogen and oxygen atoms in total. The van der Waals surface area contributed by atoms with Crippen molar-refractivity contribution in [3.05, 3.63) is 47.7 Å². The molecular weight excluding hydrogens is 412 g/mol. The van der Waals surface area contributed by atoms with Gasteiger partial charge in [-0.25, -0.2) is 4.98 Å². The number of primary amides is 1. The van der Waals surface area contributed by atoms with Crippen LogP contribution in [0.2, 0.25) is 0 Å². The number of methoxy groups -OCH3 is 2. The van der Waals surface area contributed by atoms with Crippen LogP contribution in [0.15, 0.2) is 30.9 Å². The van der Waals surface area contributed by atoms with Crippen molar-refractivity contribution in [3.8, 4) is 23.3 Å². The number of ether oxygens (including phenoxy) is 2. The van der Waals surface area contributed by atoms with E-state index in [4.69, 9.17) is 20.9 Å². The normalized spacial score (nSPS) is 14.8. The van der Waals surface area contributed by atoms with Crippen LogP contribution in [-0.2, 0) is 4.79 Å². The van der Waals surface area contributed by atoms with E-state index < -0.39 is 5.91 Å². The maximum atomic E-state index is 12.0. The quantitative estimate of drug-likeness (QED) is 0.437. The first kappa shape index (κ1) is 22.4. The Balaban J connectivity index is 1.96. The molecule has 0 bridgehead atoms. The van der Waals surface area contributed by atoms with E-state index in [0.29, 0.717) is 42.5 Å². The largest absolute Gasteiger partial charge is 0.497 e. The fourth-order valence-electron chi connectivity index (χ4n) is 3.27. The average molecular weight is 436 g/mol. The maximum absolute atomic E-state index is 12.0. The highest BCUT2D eigenvalue weighted by Crippen LogP contribution is 2.23. The van der Waals surface area contributed by atoms with Gasteiger partial charge in [0, 0.05) is 30.8 Å². The number of hydrogen-bond donors (Lipinski definition) is 3. The fraction of sp³-hybridized carbons (Fsp3) is 0.273. The SMILES string of the molecule is C=CC(=O)NC1CCN(c2nc(N)c(C(N)=O)c(C#Cc3cc(OC)cc(OC)c3)n2)C1. The van der Waals surface area contributed by atoms with Gasteiger partial charge in [-0.2, -0.15) is 4.98 Å². The van der Waals surface area contributed by atoms with E-state index >= 15 is 0 Å². The van der Waals surface area contributed by atoms with Gasteiger partial charge in [0.05, 0.1) is 14.2 Å². The first-order valence-corrected chi connectivity index (χ1v) is 9.74. The number of anilines is 2. The number of carbonyl (C=O) groups excluding carboxylic acids is 2. The van der Waals surface area contributed by atoms with E-state index in [1.165, 1.54) is 20.3 Å². The summed E-state index contributed by atoms with van der Waals surface area (Å²) in [6.07, 6.45) is 1.92. The van der Waals surface area contributed by atoms with Gasteiger partial charge in [-0.05, 0) is 30.6 Å². The van der Waals surface area contributed by atoms with Crippen molar-refractivity contribution in [3.63, 3.8) is 0 Å². The standard InChI is InChI=1S/C22H24N6O4/c1-4-18(29)25-14-7-8-28(12-14)22-26-17(19(21(24)30)20(23)27-22)6-5-13-9-15(31-2)11-16(10-13)32-3/h4,9-11,14H,1,7-8,12H2,2-3H3,(H2,24,30)(H,25,29)(H2,23,26,27). The minimum atomic E-state index is -0.779. The van der Waals surface area contributed by atoms with Crippen LogP contribution in [-0.4, -0.2) is 55.1 Å². The summed E-state index contributed by atoms with van der Waals surface area (Å²) in [5, 5.41) is 2.84. The Labute approximate surface area is 185 Å². The second-order valence-corrected chi connectivity index (χ2v) is 6.99. The Bertz CT molecular complexity index is 1100. The molecule has 0 spiro atoms. The fourth-order valence-corrected chi connectivity index (χ4v) is 3.27. The van der Waals surface area contributed by atoms with Gasteiger partial charge in [0.1, 0.15) is 28.6 Å². The van der Waals surface area contributed by atoms with Crippen LogP contribution in [0, 0.1) is 11.8 Å². The minimum absolute atomic E-state index is 0.0492. The number of aromatic nitrogens is 2. The van der Waals surface area contributed by atoms with E-state index in [2.05, 4.69) is 33.7 Å². The lowest BCUT2D eigenvalue weighted by Crippen LogP contribution is -2.36. The number of rotatable bonds is 6. The van der Waals surface area contributed by atoms with E-state index in [1.54, 1.807) is 18.2 Å². The molecule has 3 rings (SSSR count). The molecule has 1 atom stereocenters. The average Bonchev–Trinajstić information content (AvgIpc) is 3.24. The Kier molecular flexibility index (Phi) is 6.80. The van der Waals surface area contributed by atoms with Crippen LogP contribution in [0.4, 0.5) is 11.8 Å². The van der Waals surface area contributed by atoms with Gasteiger partial charge >= 0.3 is 0 Å². The summed E-state index contributed by atoms with van der Waals surface area (Å²) >= 11 is 0. The van der Waals surface area contributed by atoms with Gasteiger partial charge in [-0.15, -0.1) is 0 Å². The third-order valence-electron chi connectivity index (χ3n) is 4.85. The van der Waals surface area contributed by atoms with Gasteiger partial charge in [0.25, 0.3) is 5.91 Å². The van der Waals surface area contributed by atoms with Crippen molar-refractivity contribution in [1.82, 2.24) is 15.3 Å². The molecular formula is C22H24N6O4. The molecule has 1 aliphatic heterocycles. The number of nitrogens with two attached hydrogens (primary N) is 2. The molecule has 0 saturated carbocycles. The van der Waals surface area contributed by atoms with Crippen molar-refractivity contribution in [1.29, 1.82) is 0 Å². The number of nitrogens with one attached hydrogen (secondary N) is 1. The zero-order valence-corrected chi connectivity index (χ0v) is 17.8. The highest BCUT2D eigenvalue weighted by molar-refractivity contribution is 5.99. The van der Waals surface area contributed by atoms with Crippen LogP contribution in [0.3, 0.4) is 0 Å². The van der Waals surface area contributed by atoms with Crippen molar-refractivity contribution in [2.75, 3.05) is 37.9 Å². The summed E-state index contributed by atoms with van der Waals surface area (Å²) < 4.78 is 10.5. The Morgan fingerprint density at radius 3 is 2.50 bits per heavy atom. The smallest absolute Gasteiger partial charge is 0.255 e. The maximum Gasteiger partial charge on any atom is 0.255 e. The summed E-state index contributed by atoms with van der Waals surface area (Å²) in [7, 11) is 3.07. The second-order valence-electron chi connectivity index (χ2n) is 6.99. The van der Waals surface area contributed by atoms with Crippen molar-refractivity contribution < 1.29 is 19.1 Å². The minimum Gasteiger partial charge on any atom is -0.497 e. The first-order valence-electron chi connectivity index (χ1n) is 9.74. The first-order chi connectivity index (χ1) is 15.3. The molecule has 10 heteroatoms. The van der Waals surface area contributed by atoms with E-state index in [0.717, 1.165) is 0 Å². The summed E-state index contributed by atoms with van der Waals surface area (Å²) in [6.45, 7) is 4.53. The molecule has 1 aromatic heterocycles. The summed E-state index contributed by atoms with van der Waals surface area (Å²) in [4.78, 5) is 34.1. The summed E-state index contributed by atoms with van der Waals surface area (Å²) in [5.74, 6) is 6.16. The molecule has 0 radical (unpaired) electrons. The zero-order chi connectivity index (χ0) is 23.3. The Hall–Kier alpha value is -4.26. The zero-order valence-electron chi connectivity index (χ0n) is 17.8. The molecule has 1 aromatic carbocycles. The van der Waals surface area contributed by atoms with E-state index in [-0.39, 0.29) is 29.0 Å². The molecule has 2 aromatic rings. The highest BCUT2D eigenvalue weighted by Gasteiger charge is 2.27. The summed E-state index contributed by atoms with van der Waals surface area (Å²) in [5.41, 5.74) is 12.2. The number of nitrogen functional groups attached to an aromatic ring is 1. The van der Waals surface area contributed by atoms with Crippen molar-refractivity contribution in [2.45, 2.75) is 12.5 Å². The molecule has 1 fully saturated rings. The predicted octanol–water partition coefficient (Wildman–Crippen LogP) is 0.456. The third-order valence-corrected chi connectivity index (χ3v) is 4.85. The van der Waals surface area contributed by atoms with Crippen molar-refractivity contribution in [2.24, 2.45) is 5.73 Å². The lowest BCUT2D eigenvalue weighted by Gasteiger charge is -2.18. The highest BCUT2D eigenvalue weighted by atomic mass is 16.5. The topological polar surface area (TPSA) is 146 Å². The van der Waals surface area contributed by atoms with Crippen LogP contribution < -0.4 is 31.2 Å². The number of nitrogens with zero attached hydrogens (tertiary/aromatic N) is 3. The van der Waals surface area contributed by atoms with Crippen LogP contribution in [0.1, 0.15) is 28.0 Å². The van der Waals surface area contributed by atoms with Crippen molar-refractivity contribution >= 4 is 23.6 Å². The lowest BCUT2D eigenvalue weighted by molar-refractivity contribution is -0.117. The predicted molar refractivity (Wildman–Crippen MR) is 119 cm³/mol. The van der Waals surface area contributed by atoms with Gasteiger partial charge in [0.2, 0.25) is 11.9 Å². The number of carbonyl (C=O) groups is 2. The molecule has 0 aliphatic carbocycles. The van der Waals surface area contributed by atoms with Crippen LogP contribution >= 0.6 is 0 Å². The molecule has 1 saturated heterocycles. The van der Waals surface area contributed by atoms with Gasteiger partial charge < -0.3 is 31.2 Å². The lowest BCUT2D eigenvalue weighted by atomic mass is 10.1. The van der Waals surface area contributed by atoms with Gasteiger partial charge in [-0.3, -0.25) is 9.59 Å². The van der Waals surface area contributed by atoms with Crippen LogP contribution in [0.25, 0.3) is 0 Å². The molecule has 5 N–H and O–H groups in total. The van der Waals surface area contributed by atoms with Gasteiger partial charge in [0.15, 0.2) is 0 Å². The third kappa shape index (κ3) is 5.07. The number of amides is 2. The molecule has 32 heavy (non-hydrogen) atoms. The number of benzene rings is 1. The molecule has 1 aliphatic rings.